The van der Waals surface area contributed by atoms with Crippen molar-refractivity contribution in [2.45, 2.75) is 65.3 Å². The molecule has 0 amide bonds. The van der Waals surface area contributed by atoms with Gasteiger partial charge in [0.25, 0.3) is 0 Å². The molecule has 15 heavy (non-hydrogen) atoms. The largest absolute Gasteiger partial charge is 0.252 e. The standard InChI is InChI=1S/C12H23N3/c1-3-5-6-7-8-9-12-11-15(10-4-2)14-13-12/h11H,3-10H2,1-2H3. The van der Waals surface area contributed by atoms with Crippen molar-refractivity contribution in [2.24, 2.45) is 0 Å². The molecular weight excluding hydrogens is 186 g/mol. The smallest absolute Gasteiger partial charge is 0.0827 e. The lowest BCUT2D eigenvalue weighted by atomic mass is 10.1. The number of unbranched alkanes of at least 4 members (excludes halogenated alkanes) is 4. The Morgan fingerprint density at radius 1 is 1.07 bits per heavy atom. The first-order chi connectivity index (χ1) is 7.36. The van der Waals surface area contributed by atoms with Gasteiger partial charge in [-0.3, -0.25) is 4.68 Å². The highest BCUT2D eigenvalue weighted by molar-refractivity contribution is 4.91. The average molecular weight is 209 g/mol. The van der Waals surface area contributed by atoms with Gasteiger partial charge in [-0.15, -0.1) is 5.10 Å². The van der Waals surface area contributed by atoms with Crippen molar-refractivity contribution >= 4 is 0 Å². The van der Waals surface area contributed by atoms with E-state index in [0.29, 0.717) is 0 Å². The summed E-state index contributed by atoms with van der Waals surface area (Å²) in [5.74, 6) is 0. The SMILES string of the molecule is CCCCCCCc1cn(CCC)nn1. The van der Waals surface area contributed by atoms with Crippen molar-refractivity contribution in [3.8, 4) is 0 Å². The minimum Gasteiger partial charge on any atom is -0.252 e. The van der Waals surface area contributed by atoms with Crippen LogP contribution in [0.1, 0.15) is 58.1 Å². The molecule has 1 rings (SSSR count). The van der Waals surface area contributed by atoms with Gasteiger partial charge in [0.2, 0.25) is 0 Å². The Labute approximate surface area is 92.9 Å². The summed E-state index contributed by atoms with van der Waals surface area (Å²) in [5, 5.41) is 8.25. The summed E-state index contributed by atoms with van der Waals surface area (Å²) in [6.07, 6.45) is 10.9. The quantitative estimate of drug-likeness (QED) is 0.615. The fourth-order valence-corrected chi connectivity index (χ4v) is 1.70. The number of aryl methyl sites for hydroxylation is 2. The van der Waals surface area contributed by atoms with Gasteiger partial charge < -0.3 is 0 Å². The van der Waals surface area contributed by atoms with Crippen LogP contribution < -0.4 is 0 Å². The van der Waals surface area contributed by atoms with Crippen LogP contribution >= 0.6 is 0 Å². The molecule has 0 fully saturated rings. The number of hydrogen-bond acceptors (Lipinski definition) is 2. The summed E-state index contributed by atoms with van der Waals surface area (Å²) in [5.41, 5.74) is 1.15. The van der Waals surface area contributed by atoms with Gasteiger partial charge in [0, 0.05) is 12.7 Å². The lowest BCUT2D eigenvalue weighted by molar-refractivity contribution is 0.578. The van der Waals surface area contributed by atoms with E-state index >= 15 is 0 Å². The molecular formula is C12H23N3. The van der Waals surface area contributed by atoms with Crippen molar-refractivity contribution in [1.29, 1.82) is 0 Å². The number of hydrogen-bond donors (Lipinski definition) is 0. The molecule has 0 bridgehead atoms. The Morgan fingerprint density at radius 2 is 1.87 bits per heavy atom. The van der Waals surface area contributed by atoms with Crippen LogP contribution in [-0.4, -0.2) is 15.0 Å². The van der Waals surface area contributed by atoms with Crippen molar-refractivity contribution in [3.63, 3.8) is 0 Å². The second-order valence-electron chi connectivity index (χ2n) is 4.14. The van der Waals surface area contributed by atoms with Gasteiger partial charge >= 0.3 is 0 Å². The van der Waals surface area contributed by atoms with Gasteiger partial charge in [-0.2, -0.15) is 0 Å². The highest BCUT2D eigenvalue weighted by Crippen LogP contribution is 2.06. The predicted molar refractivity (Wildman–Crippen MR) is 62.8 cm³/mol. The number of nitrogens with zero attached hydrogens (tertiary/aromatic N) is 3. The molecule has 0 atom stereocenters. The van der Waals surface area contributed by atoms with Crippen LogP contribution in [0.4, 0.5) is 0 Å². The van der Waals surface area contributed by atoms with Gasteiger partial charge in [-0.1, -0.05) is 44.7 Å². The number of aromatic nitrogens is 3. The maximum absolute atomic E-state index is 4.17. The topological polar surface area (TPSA) is 30.7 Å². The van der Waals surface area contributed by atoms with Gasteiger partial charge in [0.05, 0.1) is 5.69 Å². The average Bonchev–Trinajstić information content (AvgIpc) is 2.66. The molecule has 3 nitrogen and oxygen atoms in total. The fraction of sp³-hybridized carbons (Fsp3) is 0.833. The molecule has 0 spiro atoms. The minimum absolute atomic E-state index is 0.989. The molecule has 86 valence electrons. The van der Waals surface area contributed by atoms with Gasteiger partial charge in [-0.25, -0.2) is 0 Å². The third-order valence-electron chi connectivity index (χ3n) is 2.58. The van der Waals surface area contributed by atoms with Crippen LogP contribution in [0.5, 0.6) is 0 Å². The van der Waals surface area contributed by atoms with Crippen LogP contribution in [-0.2, 0) is 13.0 Å². The first-order valence-electron chi connectivity index (χ1n) is 6.25. The van der Waals surface area contributed by atoms with E-state index in [9.17, 15) is 0 Å². The molecule has 0 N–H and O–H groups in total. The predicted octanol–water partition coefficient (Wildman–Crippen LogP) is 3.20. The van der Waals surface area contributed by atoms with E-state index < -0.39 is 0 Å². The maximum Gasteiger partial charge on any atom is 0.0827 e. The van der Waals surface area contributed by atoms with Crippen LogP contribution in [0.15, 0.2) is 6.20 Å². The molecule has 0 aliphatic carbocycles. The summed E-state index contributed by atoms with van der Waals surface area (Å²) < 4.78 is 1.95. The lowest BCUT2D eigenvalue weighted by Gasteiger charge is -1.97. The van der Waals surface area contributed by atoms with E-state index in [1.54, 1.807) is 0 Å². The Hall–Kier alpha value is -0.860. The molecule has 0 radical (unpaired) electrons. The first-order valence-corrected chi connectivity index (χ1v) is 6.25. The van der Waals surface area contributed by atoms with E-state index in [1.165, 1.54) is 32.1 Å². The molecule has 3 heteroatoms. The molecule has 0 aliphatic rings. The van der Waals surface area contributed by atoms with Crippen LogP contribution in [0.3, 0.4) is 0 Å². The zero-order valence-electron chi connectivity index (χ0n) is 10.1. The Kier molecular flexibility index (Phi) is 6.05. The first kappa shape index (κ1) is 12.2. The second kappa shape index (κ2) is 7.43. The lowest BCUT2D eigenvalue weighted by Crippen LogP contribution is -1.96. The van der Waals surface area contributed by atoms with E-state index in [4.69, 9.17) is 0 Å². The second-order valence-corrected chi connectivity index (χ2v) is 4.14. The van der Waals surface area contributed by atoms with Crippen molar-refractivity contribution in [1.82, 2.24) is 15.0 Å². The molecule has 1 heterocycles. The van der Waals surface area contributed by atoms with Crippen molar-refractivity contribution in [2.75, 3.05) is 0 Å². The summed E-state index contributed by atoms with van der Waals surface area (Å²) in [4.78, 5) is 0. The van der Waals surface area contributed by atoms with Gasteiger partial charge in [0.1, 0.15) is 0 Å². The van der Waals surface area contributed by atoms with E-state index in [2.05, 4.69) is 30.4 Å². The van der Waals surface area contributed by atoms with Crippen LogP contribution in [0.25, 0.3) is 0 Å². The van der Waals surface area contributed by atoms with E-state index in [-0.39, 0.29) is 0 Å². The van der Waals surface area contributed by atoms with Crippen molar-refractivity contribution in [3.05, 3.63) is 11.9 Å². The fourth-order valence-electron chi connectivity index (χ4n) is 1.70. The summed E-state index contributed by atoms with van der Waals surface area (Å²) in [6.45, 7) is 5.39. The third kappa shape index (κ3) is 4.96. The molecule has 1 aromatic rings. The normalized spacial score (nSPS) is 10.8. The van der Waals surface area contributed by atoms with Gasteiger partial charge in [0.15, 0.2) is 0 Å². The number of rotatable bonds is 8. The molecule has 0 unspecified atom stereocenters. The summed E-state index contributed by atoms with van der Waals surface area (Å²) >= 11 is 0. The van der Waals surface area contributed by atoms with Crippen LogP contribution in [0.2, 0.25) is 0 Å². The third-order valence-corrected chi connectivity index (χ3v) is 2.58. The Balaban J connectivity index is 2.14. The van der Waals surface area contributed by atoms with E-state index in [1.807, 2.05) is 4.68 Å². The van der Waals surface area contributed by atoms with Gasteiger partial charge in [-0.05, 0) is 19.3 Å². The monoisotopic (exact) mass is 209 g/mol. The summed E-state index contributed by atoms with van der Waals surface area (Å²) in [6, 6.07) is 0. The van der Waals surface area contributed by atoms with E-state index in [0.717, 1.165) is 25.1 Å². The molecule has 0 saturated heterocycles. The molecule has 0 aliphatic heterocycles. The molecule has 1 aromatic heterocycles. The highest BCUT2D eigenvalue weighted by atomic mass is 15.4. The molecule has 0 saturated carbocycles. The zero-order chi connectivity index (χ0) is 10.9. The van der Waals surface area contributed by atoms with Crippen LogP contribution in [0, 0.1) is 0 Å². The maximum atomic E-state index is 4.17. The minimum atomic E-state index is 0.989. The van der Waals surface area contributed by atoms with Crippen molar-refractivity contribution < 1.29 is 0 Å². The summed E-state index contributed by atoms with van der Waals surface area (Å²) in [7, 11) is 0. The highest BCUT2D eigenvalue weighted by Gasteiger charge is 1.99. The Morgan fingerprint density at radius 3 is 2.60 bits per heavy atom. The zero-order valence-corrected chi connectivity index (χ0v) is 10.1. The Bertz CT molecular complexity index is 255. The molecule has 0 aromatic carbocycles.